The van der Waals surface area contributed by atoms with E-state index in [4.69, 9.17) is 14.2 Å². The van der Waals surface area contributed by atoms with Crippen LogP contribution in [-0.2, 0) is 28.6 Å². The molecule has 0 aliphatic rings. The van der Waals surface area contributed by atoms with Crippen molar-refractivity contribution in [3.63, 3.8) is 0 Å². The van der Waals surface area contributed by atoms with Gasteiger partial charge in [-0.25, -0.2) is 4.79 Å². The van der Waals surface area contributed by atoms with Gasteiger partial charge in [-0.3, -0.25) is 9.59 Å². The summed E-state index contributed by atoms with van der Waals surface area (Å²) in [6.45, 7) is 4.76. The SMILES string of the molecule is CCCCCC/C=C/CCCCCCCCCC(=O)OCC(COCCC(C(=O)O)[N+](C)(C)C)OC(=O)CCCCCCCCCCCCCCCCCCCC. The van der Waals surface area contributed by atoms with E-state index < -0.39 is 18.1 Å². The molecule has 0 radical (unpaired) electrons. The molecule has 0 amide bonds. The van der Waals surface area contributed by atoms with Gasteiger partial charge in [0.05, 0.1) is 34.4 Å². The number of quaternary nitrogens is 1. The summed E-state index contributed by atoms with van der Waals surface area (Å²) < 4.78 is 17.3. The van der Waals surface area contributed by atoms with Crippen molar-refractivity contribution < 1.29 is 38.2 Å². The van der Waals surface area contributed by atoms with Gasteiger partial charge in [0.2, 0.25) is 0 Å². The Morgan fingerprint density at radius 3 is 1.28 bits per heavy atom. The van der Waals surface area contributed by atoms with Crippen molar-refractivity contribution >= 4 is 17.9 Å². The monoisotopic (exact) mass is 809 g/mol. The van der Waals surface area contributed by atoms with Crippen LogP contribution in [0.25, 0.3) is 0 Å². The molecule has 8 nitrogen and oxygen atoms in total. The Hall–Kier alpha value is -1.93. The van der Waals surface area contributed by atoms with Gasteiger partial charge in [-0.15, -0.1) is 0 Å². The molecule has 0 aromatic heterocycles. The van der Waals surface area contributed by atoms with Crippen molar-refractivity contribution in [3.8, 4) is 0 Å². The first-order valence-corrected chi connectivity index (χ1v) is 24.2. The quantitative estimate of drug-likeness (QED) is 0.0283. The van der Waals surface area contributed by atoms with Gasteiger partial charge in [-0.1, -0.05) is 187 Å². The number of allylic oxidation sites excluding steroid dienone is 2. The van der Waals surface area contributed by atoms with E-state index in [1.807, 2.05) is 21.1 Å². The van der Waals surface area contributed by atoms with Gasteiger partial charge in [0.25, 0.3) is 0 Å². The number of nitrogens with zero attached hydrogens (tertiary/aromatic N) is 1. The maximum absolute atomic E-state index is 12.8. The fourth-order valence-corrected chi connectivity index (χ4v) is 7.38. The van der Waals surface area contributed by atoms with Crippen molar-refractivity contribution in [2.45, 2.75) is 244 Å². The first-order valence-electron chi connectivity index (χ1n) is 24.2. The van der Waals surface area contributed by atoms with Gasteiger partial charge in [0.1, 0.15) is 6.61 Å². The molecule has 2 atom stereocenters. The highest BCUT2D eigenvalue weighted by atomic mass is 16.6. The first-order chi connectivity index (χ1) is 27.6. The van der Waals surface area contributed by atoms with Crippen LogP contribution in [0.1, 0.15) is 232 Å². The van der Waals surface area contributed by atoms with Crippen LogP contribution in [0, 0.1) is 0 Å². The summed E-state index contributed by atoms with van der Waals surface area (Å²) in [7, 11) is 5.54. The number of esters is 2. The number of carbonyl (C=O) groups excluding carboxylic acids is 2. The van der Waals surface area contributed by atoms with Gasteiger partial charge in [-0.2, -0.15) is 0 Å². The highest BCUT2D eigenvalue weighted by molar-refractivity contribution is 5.72. The Kier molecular flexibility index (Phi) is 39.4. The largest absolute Gasteiger partial charge is 0.477 e. The number of aliphatic carboxylic acids is 1. The molecule has 0 saturated heterocycles. The van der Waals surface area contributed by atoms with E-state index in [2.05, 4.69) is 26.0 Å². The fourth-order valence-electron chi connectivity index (χ4n) is 7.38. The number of rotatable bonds is 44. The number of carbonyl (C=O) groups is 3. The highest BCUT2D eigenvalue weighted by Gasteiger charge is 2.31. The molecule has 0 bridgehead atoms. The summed E-state index contributed by atoms with van der Waals surface area (Å²) in [5, 5.41) is 9.63. The van der Waals surface area contributed by atoms with E-state index >= 15 is 0 Å². The highest BCUT2D eigenvalue weighted by Crippen LogP contribution is 2.16. The zero-order chi connectivity index (χ0) is 42.1. The standard InChI is InChI=1S/C49H93NO7/c1-6-8-10-12-14-16-18-20-22-23-24-26-28-30-32-34-36-38-40-48(52)57-45(43-55-42-41-46(49(53)54)50(3,4)5)44-56-47(51)39-37-35-33-31-29-27-25-21-19-17-15-13-11-9-7-2/h17,19,45-46H,6-16,18,20-44H2,1-5H3/p+1/b19-17+. The lowest BCUT2D eigenvalue weighted by Gasteiger charge is -2.31. The zero-order valence-electron chi connectivity index (χ0n) is 38.3. The van der Waals surface area contributed by atoms with Crippen LogP contribution in [-0.4, -0.2) is 80.6 Å². The molecule has 0 aromatic carbocycles. The maximum atomic E-state index is 12.8. The molecule has 0 heterocycles. The molecule has 1 N–H and O–H groups in total. The minimum Gasteiger partial charge on any atom is -0.477 e. The number of carboxylic acid groups (broad SMARTS) is 1. The van der Waals surface area contributed by atoms with E-state index in [0.29, 0.717) is 19.3 Å². The summed E-state index contributed by atoms with van der Waals surface area (Å²) in [4.78, 5) is 37.1. The molecule has 0 aromatic rings. The van der Waals surface area contributed by atoms with Crippen LogP contribution in [0.4, 0.5) is 0 Å². The van der Waals surface area contributed by atoms with E-state index in [1.54, 1.807) is 0 Å². The third kappa shape index (κ3) is 39.3. The van der Waals surface area contributed by atoms with Crippen molar-refractivity contribution in [2.24, 2.45) is 0 Å². The first kappa shape index (κ1) is 55.1. The van der Waals surface area contributed by atoms with Crippen molar-refractivity contribution in [1.29, 1.82) is 0 Å². The number of carboxylic acids is 1. The Morgan fingerprint density at radius 1 is 0.509 bits per heavy atom. The van der Waals surface area contributed by atoms with Crippen LogP contribution in [0.3, 0.4) is 0 Å². The van der Waals surface area contributed by atoms with Crippen molar-refractivity contribution in [1.82, 2.24) is 0 Å². The van der Waals surface area contributed by atoms with Gasteiger partial charge in [0, 0.05) is 19.3 Å². The smallest absolute Gasteiger partial charge is 0.362 e. The average Bonchev–Trinajstić information content (AvgIpc) is 3.17. The molecule has 336 valence electrons. The molecular weight excluding hydrogens is 715 g/mol. The van der Waals surface area contributed by atoms with Gasteiger partial charge in [0.15, 0.2) is 12.1 Å². The van der Waals surface area contributed by atoms with E-state index in [0.717, 1.165) is 38.5 Å². The second kappa shape index (κ2) is 40.8. The lowest BCUT2D eigenvalue weighted by atomic mass is 10.0. The zero-order valence-corrected chi connectivity index (χ0v) is 38.3. The molecule has 2 unspecified atom stereocenters. The van der Waals surface area contributed by atoms with Crippen molar-refractivity contribution in [3.05, 3.63) is 12.2 Å². The molecular formula is C49H94NO7+. The second-order valence-corrected chi connectivity index (χ2v) is 17.7. The van der Waals surface area contributed by atoms with Gasteiger partial charge in [-0.05, 0) is 38.5 Å². The lowest BCUT2D eigenvalue weighted by molar-refractivity contribution is -0.887. The molecule has 57 heavy (non-hydrogen) atoms. The van der Waals surface area contributed by atoms with E-state index in [-0.39, 0.29) is 36.2 Å². The Morgan fingerprint density at radius 2 is 0.877 bits per heavy atom. The minimum atomic E-state index is -0.872. The Balaban J connectivity index is 4.25. The van der Waals surface area contributed by atoms with Crippen LogP contribution in [0.2, 0.25) is 0 Å². The molecule has 0 spiro atoms. The summed E-state index contributed by atoms with van der Waals surface area (Å²) in [5.74, 6) is -1.45. The number of hydrogen-bond acceptors (Lipinski definition) is 6. The summed E-state index contributed by atoms with van der Waals surface area (Å²) >= 11 is 0. The number of ether oxygens (including phenoxy) is 3. The average molecular weight is 809 g/mol. The molecule has 0 aliphatic heterocycles. The van der Waals surface area contributed by atoms with E-state index in [1.165, 1.54) is 161 Å². The normalized spacial score (nSPS) is 12.9. The van der Waals surface area contributed by atoms with Crippen LogP contribution >= 0.6 is 0 Å². The molecule has 8 heteroatoms. The third-order valence-corrected chi connectivity index (χ3v) is 11.2. The second-order valence-electron chi connectivity index (χ2n) is 17.7. The topological polar surface area (TPSA) is 99.1 Å². The predicted molar refractivity (Wildman–Crippen MR) is 239 cm³/mol. The minimum absolute atomic E-state index is 0.0470. The van der Waals surface area contributed by atoms with Crippen LogP contribution in [0.15, 0.2) is 12.2 Å². The van der Waals surface area contributed by atoms with Crippen molar-refractivity contribution in [2.75, 3.05) is 41.0 Å². The summed E-state index contributed by atoms with van der Waals surface area (Å²) in [6.07, 6.45) is 43.9. The van der Waals surface area contributed by atoms with Crippen LogP contribution < -0.4 is 0 Å². The molecule has 0 saturated carbocycles. The predicted octanol–water partition coefficient (Wildman–Crippen LogP) is 13.5. The van der Waals surface area contributed by atoms with Gasteiger partial charge < -0.3 is 23.8 Å². The Bertz CT molecular complexity index is 947. The Labute approximate surface area is 352 Å². The maximum Gasteiger partial charge on any atom is 0.362 e. The number of hydrogen-bond donors (Lipinski definition) is 1. The number of likely N-dealkylation sites (N-methyl/N-ethyl adjacent to an activating group) is 1. The number of unbranched alkanes of at least 4 members (excludes halogenated alkanes) is 28. The summed E-state index contributed by atoms with van der Waals surface area (Å²) in [5.41, 5.74) is 0. The lowest BCUT2D eigenvalue weighted by Crippen LogP contribution is -2.50. The molecule has 0 fully saturated rings. The van der Waals surface area contributed by atoms with Crippen LogP contribution in [0.5, 0.6) is 0 Å². The van der Waals surface area contributed by atoms with Gasteiger partial charge >= 0.3 is 17.9 Å². The summed E-state index contributed by atoms with van der Waals surface area (Å²) in [6, 6.07) is -0.611. The third-order valence-electron chi connectivity index (χ3n) is 11.2. The molecule has 0 aliphatic carbocycles. The molecule has 0 rings (SSSR count). The fraction of sp³-hybridized carbons (Fsp3) is 0.898. The van der Waals surface area contributed by atoms with E-state index in [9.17, 15) is 19.5 Å².